The summed E-state index contributed by atoms with van der Waals surface area (Å²) in [7, 11) is 0. The number of piperazine rings is 1. The monoisotopic (exact) mass is 501 g/mol. The molecule has 2 aliphatic rings. The van der Waals surface area contributed by atoms with Gasteiger partial charge in [-0.05, 0) is 23.1 Å². The van der Waals surface area contributed by atoms with Crippen LogP contribution in [0.15, 0.2) is 59.1 Å². The molecule has 0 N–H and O–H groups in total. The molecule has 0 saturated carbocycles. The molecular weight excluding hydrogens is 466 g/mol. The molecule has 3 aromatic rings. The van der Waals surface area contributed by atoms with E-state index in [4.69, 9.17) is 4.52 Å². The molecule has 1 aromatic heterocycles. The molecule has 2 saturated heterocycles. The van der Waals surface area contributed by atoms with Crippen LogP contribution in [0.4, 0.5) is 0 Å². The van der Waals surface area contributed by atoms with Crippen molar-refractivity contribution in [1.29, 1.82) is 0 Å². The number of aromatic nitrogens is 2. The average molecular weight is 502 g/mol. The van der Waals surface area contributed by atoms with Gasteiger partial charge in [-0.1, -0.05) is 67.5 Å². The second-order valence-corrected chi connectivity index (χ2v) is 10.6. The largest absolute Gasteiger partial charge is 0.340 e. The number of benzene rings is 2. The second-order valence-electron chi connectivity index (χ2n) is 10.6. The van der Waals surface area contributed by atoms with Crippen molar-refractivity contribution in [2.24, 2.45) is 11.8 Å². The molecule has 2 amide bonds. The van der Waals surface area contributed by atoms with Gasteiger partial charge in [-0.25, -0.2) is 0 Å². The van der Waals surface area contributed by atoms with Gasteiger partial charge in [0, 0.05) is 64.2 Å². The summed E-state index contributed by atoms with van der Waals surface area (Å²) in [5, 5.41) is 4.16. The Bertz CT molecular complexity index is 1220. The van der Waals surface area contributed by atoms with Crippen molar-refractivity contribution in [3.63, 3.8) is 0 Å². The van der Waals surface area contributed by atoms with E-state index in [2.05, 4.69) is 41.0 Å². The van der Waals surface area contributed by atoms with Crippen molar-refractivity contribution in [3.05, 3.63) is 71.6 Å². The predicted molar refractivity (Wildman–Crippen MR) is 140 cm³/mol. The maximum Gasteiger partial charge on any atom is 0.228 e. The van der Waals surface area contributed by atoms with Gasteiger partial charge in [-0.15, -0.1) is 0 Å². The summed E-state index contributed by atoms with van der Waals surface area (Å²) in [4.78, 5) is 36.4. The number of carbonyl (C=O) groups is 2. The van der Waals surface area contributed by atoms with E-state index >= 15 is 0 Å². The Morgan fingerprint density at radius 1 is 1.00 bits per heavy atom. The van der Waals surface area contributed by atoms with Gasteiger partial charge in [-0.2, -0.15) is 4.98 Å². The van der Waals surface area contributed by atoms with E-state index in [1.807, 2.05) is 52.3 Å². The highest BCUT2D eigenvalue weighted by Gasteiger charge is 2.37. The lowest BCUT2D eigenvalue weighted by atomic mass is 10.1. The van der Waals surface area contributed by atoms with E-state index in [0.29, 0.717) is 50.2 Å². The topological polar surface area (TPSA) is 82.8 Å². The van der Waals surface area contributed by atoms with E-state index in [-0.39, 0.29) is 17.7 Å². The Morgan fingerprint density at radius 3 is 2.51 bits per heavy atom. The van der Waals surface area contributed by atoms with Crippen molar-refractivity contribution in [2.45, 2.75) is 39.8 Å². The van der Waals surface area contributed by atoms with Gasteiger partial charge in [0.1, 0.15) is 0 Å². The molecule has 194 valence electrons. The SMILES string of the molecule is CC(C)Cc1nc(-c2cccc(CN3CCN(C(=O)[C@H]4CC(=O)N(Cc5ccccc5)C4)CC3)c2)no1. The van der Waals surface area contributed by atoms with E-state index in [0.717, 1.165) is 37.2 Å². The highest BCUT2D eigenvalue weighted by atomic mass is 16.5. The van der Waals surface area contributed by atoms with Crippen molar-refractivity contribution in [2.75, 3.05) is 32.7 Å². The molecular formula is C29H35N5O3. The summed E-state index contributed by atoms with van der Waals surface area (Å²) >= 11 is 0. The second kappa shape index (κ2) is 11.3. The van der Waals surface area contributed by atoms with Crippen LogP contribution in [0.5, 0.6) is 0 Å². The quantitative estimate of drug-likeness (QED) is 0.469. The lowest BCUT2D eigenvalue weighted by molar-refractivity contribution is -0.137. The van der Waals surface area contributed by atoms with Gasteiger partial charge in [-0.3, -0.25) is 14.5 Å². The molecule has 37 heavy (non-hydrogen) atoms. The first kappa shape index (κ1) is 25.1. The third-order valence-corrected chi connectivity index (χ3v) is 7.11. The molecule has 0 unspecified atom stereocenters. The van der Waals surface area contributed by atoms with E-state index < -0.39 is 0 Å². The number of likely N-dealkylation sites (tertiary alicyclic amines) is 1. The van der Waals surface area contributed by atoms with Crippen LogP contribution in [0.1, 0.15) is 37.3 Å². The first-order valence-electron chi connectivity index (χ1n) is 13.2. The van der Waals surface area contributed by atoms with Crippen molar-refractivity contribution in [1.82, 2.24) is 24.8 Å². The maximum absolute atomic E-state index is 13.2. The van der Waals surface area contributed by atoms with E-state index in [9.17, 15) is 9.59 Å². The molecule has 2 fully saturated rings. The van der Waals surface area contributed by atoms with Crippen LogP contribution in [0.3, 0.4) is 0 Å². The highest BCUT2D eigenvalue weighted by Crippen LogP contribution is 2.24. The molecule has 0 aliphatic carbocycles. The highest BCUT2D eigenvalue weighted by molar-refractivity contribution is 5.89. The summed E-state index contributed by atoms with van der Waals surface area (Å²) in [5.74, 6) is 1.70. The number of rotatable bonds is 8. The molecule has 0 radical (unpaired) electrons. The molecule has 8 nitrogen and oxygen atoms in total. The van der Waals surface area contributed by atoms with Crippen LogP contribution in [-0.4, -0.2) is 69.4 Å². The molecule has 3 heterocycles. The Hall–Kier alpha value is -3.52. The fraction of sp³-hybridized carbons (Fsp3) is 0.448. The first-order valence-corrected chi connectivity index (χ1v) is 13.2. The molecule has 1 atom stereocenters. The lowest BCUT2D eigenvalue weighted by Gasteiger charge is -2.36. The average Bonchev–Trinajstić information content (AvgIpc) is 3.51. The normalized spacial score (nSPS) is 18.7. The van der Waals surface area contributed by atoms with Crippen LogP contribution >= 0.6 is 0 Å². The van der Waals surface area contributed by atoms with Gasteiger partial charge >= 0.3 is 0 Å². The van der Waals surface area contributed by atoms with Crippen molar-refractivity contribution >= 4 is 11.8 Å². The van der Waals surface area contributed by atoms with Crippen LogP contribution < -0.4 is 0 Å². The Morgan fingerprint density at radius 2 is 1.76 bits per heavy atom. The number of hydrogen-bond donors (Lipinski definition) is 0. The minimum absolute atomic E-state index is 0.0682. The smallest absolute Gasteiger partial charge is 0.228 e. The first-order chi connectivity index (χ1) is 17.9. The minimum atomic E-state index is -0.241. The van der Waals surface area contributed by atoms with Crippen LogP contribution in [0.2, 0.25) is 0 Å². The summed E-state index contributed by atoms with van der Waals surface area (Å²) in [6.45, 7) is 9.14. The molecule has 5 rings (SSSR count). The maximum atomic E-state index is 13.2. The van der Waals surface area contributed by atoms with Crippen molar-refractivity contribution < 1.29 is 14.1 Å². The van der Waals surface area contributed by atoms with Gasteiger partial charge in [0.15, 0.2) is 0 Å². The fourth-order valence-corrected chi connectivity index (χ4v) is 5.15. The lowest BCUT2D eigenvalue weighted by Crippen LogP contribution is -2.50. The number of amides is 2. The standard InChI is InChI=1S/C29H35N5O3/c1-21(2)15-26-30-28(31-37-26)24-10-6-9-23(16-24)18-32-11-13-33(14-12-32)29(36)25-17-27(35)34(20-25)19-22-7-4-3-5-8-22/h3-10,16,21,25H,11-15,17-20H2,1-2H3/t25-/m0/s1. The summed E-state index contributed by atoms with van der Waals surface area (Å²) in [5.41, 5.74) is 3.23. The zero-order valence-electron chi connectivity index (χ0n) is 21.7. The van der Waals surface area contributed by atoms with Crippen LogP contribution in [0, 0.1) is 11.8 Å². The molecule has 8 heteroatoms. The van der Waals surface area contributed by atoms with Gasteiger partial charge < -0.3 is 14.3 Å². The summed E-state index contributed by atoms with van der Waals surface area (Å²) in [6.07, 6.45) is 1.09. The number of carbonyl (C=O) groups excluding carboxylic acids is 2. The molecule has 2 aliphatic heterocycles. The Kier molecular flexibility index (Phi) is 7.65. The zero-order valence-corrected chi connectivity index (χ0v) is 21.7. The number of hydrogen-bond acceptors (Lipinski definition) is 6. The van der Waals surface area contributed by atoms with Crippen molar-refractivity contribution in [3.8, 4) is 11.4 Å². The molecule has 0 bridgehead atoms. The Labute approximate surface area is 218 Å². The van der Waals surface area contributed by atoms with Crippen LogP contribution in [-0.2, 0) is 29.1 Å². The molecule has 0 spiro atoms. The van der Waals surface area contributed by atoms with Gasteiger partial charge in [0.05, 0.1) is 5.92 Å². The summed E-state index contributed by atoms with van der Waals surface area (Å²) < 4.78 is 5.41. The zero-order chi connectivity index (χ0) is 25.8. The third-order valence-electron chi connectivity index (χ3n) is 7.11. The number of nitrogens with zero attached hydrogens (tertiary/aromatic N) is 5. The van der Waals surface area contributed by atoms with Gasteiger partial charge in [0.25, 0.3) is 0 Å². The summed E-state index contributed by atoms with van der Waals surface area (Å²) in [6, 6.07) is 18.2. The van der Waals surface area contributed by atoms with E-state index in [1.165, 1.54) is 5.56 Å². The minimum Gasteiger partial charge on any atom is -0.340 e. The Balaban J connectivity index is 1.12. The van der Waals surface area contributed by atoms with Gasteiger partial charge in [0.2, 0.25) is 23.5 Å². The predicted octanol–water partition coefficient (Wildman–Crippen LogP) is 3.63. The van der Waals surface area contributed by atoms with Crippen LogP contribution in [0.25, 0.3) is 11.4 Å². The van der Waals surface area contributed by atoms with E-state index in [1.54, 1.807) is 0 Å². The fourth-order valence-electron chi connectivity index (χ4n) is 5.15. The third kappa shape index (κ3) is 6.25. The molecule has 2 aromatic carbocycles.